The molecule has 0 saturated carbocycles. The minimum Gasteiger partial charge on any atom is -0.375 e. The number of nitrogens with one attached hydrogen (secondary N) is 1. The molecule has 152 valence electrons. The van der Waals surface area contributed by atoms with Crippen molar-refractivity contribution in [3.8, 4) is 6.07 Å². The van der Waals surface area contributed by atoms with Gasteiger partial charge < -0.3 is 10.2 Å². The van der Waals surface area contributed by atoms with Crippen LogP contribution in [0.15, 0.2) is 23.4 Å². The second kappa shape index (κ2) is 15.3. The van der Waals surface area contributed by atoms with Gasteiger partial charge in [0.2, 0.25) is 0 Å². The molecule has 0 aromatic carbocycles. The predicted molar refractivity (Wildman–Crippen MR) is 113 cm³/mol. The molecule has 0 atom stereocenters. The molecule has 1 aliphatic heterocycles. The lowest BCUT2D eigenvalue weighted by Crippen LogP contribution is -2.25. The number of amides is 1. The molecule has 1 amide bonds. The molecule has 0 aromatic rings. The zero-order valence-corrected chi connectivity index (χ0v) is 17.6. The number of carbonyl (C=O) groups excluding carboxylic acids is 1. The lowest BCUT2D eigenvalue weighted by molar-refractivity contribution is -0.117. The van der Waals surface area contributed by atoms with E-state index in [1.54, 1.807) is 6.08 Å². The van der Waals surface area contributed by atoms with Crippen LogP contribution in [0.3, 0.4) is 0 Å². The van der Waals surface area contributed by atoms with Crippen molar-refractivity contribution in [2.45, 2.75) is 90.9 Å². The van der Waals surface area contributed by atoms with E-state index in [2.05, 4.69) is 24.1 Å². The maximum Gasteiger partial charge on any atom is 0.261 e. The van der Waals surface area contributed by atoms with Crippen LogP contribution in [-0.2, 0) is 4.79 Å². The largest absolute Gasteiger partial charge is 0.375 e. The van der Waals surface area contributed by atoms with Crippen molar-refractivity contribution in [1.29, 1.82) is 5.26 Å². The van der Waals surface area contributed by atoms with E-state index in [0.29, 0.717) is 6.54 Å². The Morgan fingerprint density at radius 2 is 1.70 bits per heavy atom. The van der Waals surface area contributed by atoms with Crippen LogP contribution in [0, 0.1) is 11.3 Å². The Morgan fingerprint density at radius 1 is 1.07 bits per heavy atom. The van der Waals surface area contributed by atoms with Crippen LogP contribution >= 0.6 is 0 Å². The minimum absolute atomic E-state index is 0.206. The molecule has 1 heterocycles. The Balaban J connectivity index is 2.15. The van der Waals surface area contributed by atoms with Crippen LogP contribution in [0.1, 0.15) is 90.9 Å². The molecule has 1 aliphatic rings. The van der Waals surface area contributed by atoms with E-state index >= 15 is 0 Å². The summed E-state index contributed by atoms with van der Waals surface area (Å²) in [6.07, 6.45) is 18.6. The molecule has 4 heteroatoms. The third kappa shape index (κ3) is 10.2. The Bertz CT molecular complexity index is 516. The van der Waals surface area contributed by atoms with E-state index < -0.39 is 0 Å². The van der Waals surface area contributed by atoms with E-state index in [4.69, 9.17) is 0 Å². The fourth-order valence-corrected chi connectivity index (χ4v) is 3.56. The molecule has 27 heavy (non-hydrogen) atoms. The fraction of sp³-hybridized carbons (Fsp3) is 0.739. The Morgan fingerprint density at radius 3 is 2.30 bits per heavy atom. The number of hydrogen-bond acceptors (Lipinski definition) is 3. The van der Waals surface area contributed by atoms with Gasteiger partial charge in [-0.2, -0.15) is 5.26 Å². The van der Waals surface area contributed by atoms with Gasteiger partial charge >= 0.3 is 0 Å². The summed E-state index contributed by atoms with van der Waals surface area (Å²) in [6.45, 7) is 7.09. The highest BCUT2D eigenvalue weighted by molar-refractivity contribution is 5.97. The van der Waals surface area contributed by atoms with Crippen molar-refractivity contribution >= 4 is 5.91 Å². The third-order valence-electron chi connectivity index (χ3n) is 5.27. The monoisotopic (exact) mass is 373 g/mol. The first-order chi connectivity index (χ1) is 13.2. The molecule has 0 unspecified atom stereocenters. The molecule has 0 aliphatic carbocycles. The Kier molecular flexibility index (Phi) is 13.2. The number of allylic oxidation sites excluding steroid dienone is 3. The first-order valence-corrected chi connectivity index (χ1v) is 11.1. The quantitative estimate of drug-likeness (QED) is 0.249. The lowest BCUT2D eigenvalue weighted by Gasteiger charge is -2.16. The number of hydrogen-bond donors (Lipinski definition) is 1. The number of unbranched alkanes of at least 4 members (excludes halogenated alkanes) is 9. The van der Waals surface area contributed by atoms with Crippen molar-refractivity contribution in [1.82, 2.24) is 10.2 Å². The highest BCUT2D eigenvalue weighted by Crippen LogP contribution is 2.20. The second-order valence-corrected chi connectivity index (χ2v) is 7.47. The Hall–Kier alpha value is -1.76. The first-order valence-electron chi connectivity index (χ1n) is 11.1. The number of rotatable bonds is 14. The number of carbonyl (C=O) groups is 1. The molecule has 1 rings (SSSR count). The smallest absolute Gasteiger partial charge is 0.261 e. The summed E-state index contributed by atoms with van der Waals surface area (Å²) in [5.41, 5.74) is 1.44. The highest BCUT2D eigenvalue weighted by atomic mass is 16.1. The van der Waals surface area contributed by atoms with Crippen LogP contribution in [0.5, 0.6) is 0 Å². The van der Waals surface area contributed by atoms with Gasteiger partial charge in [-0.1, -0.05) is 64.7 Å². The van der Waals surface area contributed by atoms with E-state index in [0.717, 1.165) is 38.8 Å². The molecule has 4 nitrogen and oxygen atoms in total. The molecule has 1 saturated heterocycles. The van der Waals surface area contributed by atoms with Crippen molar-refractivity contribution in [2.24, 2.45) is 0 Å². The van der Waals surface area contributed by atoms with Crippen molar-refractivity contribution in [3.63, 3.8) is 0 Å². The molecular formula is C23H39N3O. The average molecular weight is 374 g/mol. The van der Waals surface area contributed by atoms with E-state index in [1.165, 1.54) is 57.1 Å². The van der Waals surface area contributed by atoms with Gasteiger partial charge in [-0.3, -0.25) is 4.79 Å². The molecule has 1 fully saturated rings. The summed E-state index contributed by atoms with van der Waals surface area (Å²) in [5.74, 6) is -0.244. The third-order valence-corrected chi connectivity index (χ3v) is 5.27. The topological polar surface area (TPSA) is 56.1 Å². The number of nitrogens with zero attached hydrogens (tertiary/aromatic N) is 2. The van der Waals surface area contributed by atoms with Crippen LogP contribution in [0.25, 0.3) is 0 Å². The summed E-state index contributed by atoms with van der Waals surface area (Å²) < 4.78 is 0. The van der Waals surface area contributed by atoms with Gasteiger partial charge in [0.25, 0.3) is 5.91 Å². The summed E-state index contributed by atoms with van der Waals surface area (Å²) in [6, 6.07) is 2.03. The average Bonchev–Trinajstić information content (AvgIpc) is 3.14. The van der Waals surface area contributed by atoms with Crippen LogP contribution < -0.4 is 5.32 Å². The SMILES string of the molecule is CCCCCCCCCCCCNC(=O)/C(C#N)=C/C=C1/CCCN1CC. The maximum absolute atomic E-state index is 12.1. The van der Waals surface area contributed by atoms with Gasteiger partial charge in [-0.05, 0) is 38.3 Å². The van der Waals surface area contributed by atoms with Crippen molar-refractivity contribution in [3.05, 3.63) is 23.4 Å². The van der Waals surface area contributed by atoms with E-state index in [-0.39, 0.29) is 11.5 Å². The van der Waals surface area contributed by atoms with E-state index in [9.17, 15) is 10.1 Å². The fourth-order valence-electron chi connectivity index (χ4n) is 3.56. The summed E-state index contributed by atoms with van der Waals surface area (Å²) in [4.78, 5) is 14.4. The molecular weight excluding hydrogens is 334 g/mol. The highest BCUT2D eigenvalue weighted by Gasteiger charge is 2.14. The van der Waals surface area contributed by atoms with E-state index in [1.807, 2.05) is 12.1 Å². The maximum atomic E-state index is 12.1. The summed E-state index contributed by atoms with van der Waals surface area (Å²) in [5, 5.41) is 12.1. The van der Waals surface area contributed by atoms with Gasteiger partial charge in [0, 0.05) is 25.3 Å². The zero-order valence-electron chi connectivity index (χ0n) is 17.6. The van der Waals surface area contributed by atoms with Crippen LogP contribution in [0.2, 0.25) is 0 Å². The first kappa shape index (κ1) is 23.3. The lowest BCUT2D eigenvalue weighted by atomic mass is 10.1. The predicted octanol–water partition coefficient (Wildman–Crippen LogP) is 5.47. The van der Waals surface area contributed by atoms with Crippen LogP contribution in [0.4, 0.5) is 0 Å². The van der Waals surface area contributed by atoms with Gasteiger partial charge in [-0.25, -0.2) is 0 Å². The van der Waals surface area contributed by atoms with Gasteiger partial charge in [0.15, 0.2) is 0 Å². The van der Waals surface area contributed by atoms with Crippen molar-refractivity contribution in [2.75, 3.05) is 19.6 Å². The summed E-state index contributed by atoms with van der Waals surface area (Å²) in [7, 11) is 0. The van der Waals surface area contributed by atoms with Gasteiger partial charge in [-0.15, -0.1) is 0 Å². The molecule has 1 N–H and O–H groups in total. The normalized spacial score (nSPS) is 16.0. The molecule has 0 aromatic heterocycles. The molecule has 0 radical (unpaired) electrons. The number of nitriles is 1. The summed E-state index contributed by atoms with van der Waals surface area (Å²) >= 11 is 0. The second-order valence-electron chi connectivity index (χ2n) is 7.47. The van der Waals surface area contributed by atoms with Gasteiger partial charge in [0.05, 0.1) is 0 Å². The number of likely N-dealkylation sites (tertiary alicyclic amines) is 1. The van der Waals surface area contributed by atoms with Crippen molar-refractivity contribution < 1.29 is 4.79 Å². The standard InChI is InChI=1S/C23H39N3O/c1-3-5-6-7-8-9-10-11-12-13-18-25-23(27)21(20-24)16-17-22-15-14-19-26(22)4-2/h16-17H,3-15,18-19H2,1-2H3,(H,25,27)/b21-16+,22-17-. The zero-order chi connectivity index (χ0) is 19.7. The molecule has 0 spiro atoms. The molecule has 0 bridgehead atoms. The van der Waals surface area contributed by atoms with Gasteiger partial charge in [0.1, 0.15) is 11.6 Å². The minimum atomic E-state index is -0.244. The van der Waals surface area contributed by atoms with Crippen LogP contribution in [-0.4, -0.2) is 30.4 Å². The Labute approximate surface area is 166 Å².